The fourth-order valence-corrected chi connectivity index (χ4v) is 2.25. The smallest absolute Gasteiger partial charge is 0.298 e. The third-order valence-corrected chi connectivity index (χ3v) is 3.55. The molecule has 2 rings (SSSR count). The molecule has 0 aliphatic carbocycles. The van der Waals surface area contributed by atoms with E-state index in [-0.39, 0.29) is 5.57 Å². The van der Waals surface area contributed by atoms with Gasteiger partial charge in [-0.25, -0.2) is 0 Å². The number of hydrogen-bond acceptors (Lipinski definition) is 5. The molecule has 0 aromatic carbocycles. The molecule has 0 unspecified atom stereocenters. The van der Waals surface area contributed by atoms with Crippen LogP contribution in [0.1, 0.15) is 0 Å². The molecule has 0 spiro atoms. The quantitative estimate of drug-likeness (QED) is 0.601. The van der Waals surface area contributed by atoms with Gasteiger partial charge >= 0.3 is 0 Å². The van der Waals surface area contributed by atoms with Gasteiger partial charge in [0.05, 0.1) is 25.0 Å². The summed E-state index contributed by atoms with van der Waals surface area (Å²) in [5.41, 5.74) is 5.30. The zero-order chi connectivity index (χ0) is 11.8. The number of nitrogens with zero attached hydrogens (tertiary/aromatic N) is 2. The molecule has 2 aliphatic rings. The Morgan fingerprint density at radius 3 is 2.56 bits per heavy atom. The standard InChI is InChI=1S/C8H11N3O4S/c9-7-6(5-10-16(7,13)14)8(12)11-1-3-15-4-2-11/h5H,1-4,9H2. The van der Waals surface area contributed by atoms with E-state index in [1.165, 1.54) is 4.90 Å². The van der Waals surface area contributed by atoms with Gasteiger partial charge in [-0.1, -0.05) is 0 Å². The molecule has 0 radical (unpaired) electrons. The predicted molar refractivity (Wildman–Crippen MR) is 56.0 cm³/mol. The van der Waals surface area contributed by atoms with Crippen molar-refractivity contribution < 1.29 is 17.9 Å². The molecule has 1 saturated heterocycles. The van der Waals surface area contributed by atoms with Crippen molar-refractivity contribution in [3.8, 4) is 0 Å². The molecule has 8 heteroatoms. The van der Waals surface area contributed by atoms with E-state index in [1.54, 1.807) is 0 Å². The second kappa shape index (κ2) is 3.87. The van der Waals surface area contributed by atoms with Crippen molar-refractivity contribution in [2.45, 2.75) is 0 Å². The van der Waals surface area contributed by atoms with E-state index in [1.807, 2.05) is 0 Å². The van der Waals surface area contributed by atoms with Crippen molar-refractivity contribution in [1.29, 1.82) is 0 Å². The Kier molecular flexibility index (Phi) is 2.68. The number of morpholine rings is 1. The van der Waals surface area contributed by atoms with E-state index in [9.17, 15) is 13.2 Å². The highest BCUT2D eigenvalue weighted by Crippen LogP contribution is 2.17. The molecule has 2 aliphatic heterocycles. The van der Waals surface area contributed by atoms with E-state index < -0.39 is 21.0 Å². The molecule has 2 N–H and O–H groups in total. The van der Waals surface area contributed by atoms with Crippen LogP contribution in [0.4, 0.5) is 0 Å². The van der Waals surface area contributed by atoms with Crippen molar-refractivity contribution >= 4 is 22.1 Å². The maximum atomic E-state index is 11.9. The van der Waals surface area contributed by atoms with Crippen molar-refractivity contribution in [1.82, 2.24) is 4.90 Å². The summed E-state index contributed by atoms with van der Waals surface area (Å²) >= 11 is 0. The first-order valence-electron chi connectivity index (χ1n) is 4.69. The Morgan fingerprint density at radius 2 is 2.06 bits per heavy atom. The lowest BCUT2D eigenvalue weighted by atomic mass is 10.2. The molecular weight excluding hydrogens is 234 g/mol. The lowest BCUT2D eigenvalue weighted by Crippen LogP contribution is -2.42. The van der Waals surface area contributed by atoms with Crippen LogP contribution in [0.2, 0.25) is 0 Å². The Labute approximate surface area is 92.6 Å². The molecule has 0 bridgehead atoms. The second-order valence-corrected chi connectivity index (χ2v) is 4.99. The van der Waals surface area contributed by atoms with Crippen LogP contribution in [-0.4, -0.2) is 51.7 Å². The van der Waals surface area contributed by atoms with E-state index in [2.05, 4.69) is 4.40 Å². The fourth-order valence-electron chi connectivity index (χ4n) is 1.48. The van der Waals surface area contributed by atoms with Crippen molar-refractivity contribution in [3.05, 3.63) is 10.6 Å². The van der Waals surface area contributed by atoms with E-state index in [4.69, 9.17) is 10.5 Å². The molecule has 0 aromatic heterocycles. The molecule has 2 heterocycles. The Balaban J connectivity index is 2.23. The zero-order valence-corrected chi connectivity index (χ0v) is 9.24. The van der Waals surface area contributed by atoms with Gasteiger partial charge in [-0.3, -0.25) is 4.79 Å². The van der Waals surface area contributed by atoms with Gasteiger partial charge in [0.15, 0.2) is 5.03 Å². The summed E-state index contributed by atoms with van der Waals surface area (Å²) < 4.78 is 30.7. The highest BCUT2D eigenvalue weighted by Gasteiger charge is 2.30. The Bertz CT molecular complexity index is 474. The minimum absolute atomic E-state index is 0.0538. The minimum Gasteiger partial charge on any atom is -0.387 e. The van der Waals surface area contributed by atoms with Crippen LogP contribution >= 0.6 is 0 Å². The molecule has 0 atom stereocenters. The monoisotopic (exact) mass is 245 g/mol. The number of ether oxygens (including phenoxy) is 1. The number of carbonyl (C=O) groups excluding carboxylic acids is 1. The molecule has 7 nitrogen and oxygen atoms in total. The summed E-state index contributed by atoms with van der Waals surface area (Å²) in [7, 11) is -3.81. The number of amides is 1. The number of nitrogens with two attached hydrogens (primary N) is 1. The lowest BCUT2D eigenvalue weighted by molar-refractivity contribution is -0.130. The molecule has 1 fully saturated rings. The molecule has 88 valence electrons. The maximum Gasteiger partial charge on any atom is 0.298 e. The number of hydrogen-bond donors (Lipinski definition) is 1. The van der Waals surface area contributed by atoms with Gasteiger partial charge in [0.25, 0.3) is 15.9 Å². The van der Waals surface area contributed by atoms with Gasteiger partial charge in [-0.05, 0) is 0 Å². The van der Waals surface area contributed by atoms with Crippen molar-refractivity contribution in [3.63, 3.8) is 0 Å². The molecule has 0 aromatic rings. The zero-order valence-electron chi connectivity index (χ0n) is 8.42. The van der Waals surface area contributed by atoms with Crippen LogP contribution in [0.25, 0.3) is 0 Å². The number of carbonyl (C=O) groups is 1. The SMILES string of the molecule is NC1=C(C(=O)N2CCOCC2)C=NS1(=O)=O. The van der Waals surface area contributed by atoms with Crippen LogP contribution in [0, 0.1) is 0 Å². The fraction of sp³-hybridized carbons (Fsp3) is 0.500. The van der Waals surface area contributed by atoms with Crippen LogP contribution in [0.15, 0.2) is 15.0 Å². The van der Waals surface area contributed by atoms with E-state index >= 15 is 0 Å². The summed E-state index contributed by atoms with van der Waals surface area (Å²) in [6.07, 6.45) is 1.00. The Hall–Kier alpha value is -1.41. The van der Waals surface area contributed by atoms with E-state index in [0.29, 0.717) is 26.3 Å². The summed E-state index contributed by atoms with van der Waals surface area (Å²) in [5, 5.41) is -0.469. The Morgan fingerprint density at radius 1 is 1.44 bits per heavy atom. The third-order valence-electron chi connectivity index (χ3n) is 2.39. The third kappa shape index (κ3) is 1.81. The number of rotatable bonds is 1. The van der Waals surface area contributed by atoms with Crippen molar-refractivity contribution in [2.75, 3.05) is 26.3 Å². The minimum atomic E-state index is -3.81. The van der Waals surface area contributed by atoms with Gasteiger partial charge in [0, 0.05) is 13.1 Å². The van der Waals surface area contributed by atoms with Gasteiger partial charge in [0.2, 0.25) is 0 Å². The van der Waals surface area contributed by atoms with Crippen molar-refractivity contribution in [2.24, 2.45) is 10.1 Å². The second-order valence-electron chi connectivity index (χ2n) is 3.39. The van der Waals surface area contributed by atoms with Gasteiger partial charge in [0.1, 0.15) is 0 Å². The highest BCUT2D eigenvalue weighted by atomic mass is 32.2. The largest absolute Gasteiger partial charge is 0.387 e. The van der Waals surface area contributed by atoms with Crippen LogP contribution in [0.3, 0.4) is 0 Å². The average molecular weight is 245 g/mol. The topological polar surface area (TPSA) is 102 Å². The first kappa shape index (κ1) is 11.1. The van der Waals surface area contributed by atoms with Gasteiger partial charge in [-0.15, -0.1) is 0 Å². The normalized spacial score (nSPS) is 23.9. The first-order chi connectivity index (χ1) is 7.52. The van der Waals surface area contributed by atoms with Gasteiger partial charge in [-0.2, -0.15) is 12.8 Å². The predicted octanol–water partition coefficient (Wildman–Crippen LogP) is -1.57. The molecular formula is C8H11N3O4S. The summed E-state index contributed by atoms with van der Waals surface area (Å²) in [6.45, 7) is 1.76. The maximum absolute atomic E-state index is 11.9. The molecule has 0 saturated carbocycles. The lowest BCUT2D eigenvalue weighted by Gasteiger charge is -2.26. The van der Waals surface area contributed by atoms with Crippen LogP contribution in [0.5, 0.6) is 0 Å². The first-order valence-corrected chi connectivity index (χ1v) is 6.13. The summed E-state index contributed by atoms with van der Waals surface area (Å²) in [4.78, 5) is 13.4. The summed E-state index contributed by atoms with van der Waals surface area (Å²) in [6, 6.07) is 0. The van der Waals surface area contributed by atoms with Crippen LogP contribution in [-0.2, 0) is 19.6 Å². The van der Waals surface area contributed by atoms with E-state index in [0.717, 1.165) is 6.21 Å². The molecule has 1 amide bonds. The summed E-state index contributed by atoms with van der Waals surface area (Å²) in [5.74, 6) is -0.411. The average Bonchev–Trinajstić information content (AvgIpc) is 2.55. The number of sulfonamides is 1. The van der Waals surface area contributed by atoms with Crippen LogP contribution < -0.4 is 5.73 Å². The van der Waals surface area contributed by atoms with Gasteiger partial charge < -0.3 is 15.4 Å². The molecule has 16 heavy (non-hydrogen) atoms. The highest BCUT2D eigenvalue weighted by molar-refractivity contribution is 7.94.